The van der Waals surface area contributed by atoms with Gasteiger partial charge in [0.2, 0.25) is 0 Å². The summed E-state index contributed by atoms with van der Waals surface area (Å²) in [5.41, 5.74) is 0.358. The summed E-state index contributed by atoms with van der Waals surface area (Å²) in [5.74, 6) is -2.43. The Kier molecular flexibility index (Phi) is 8.42. The molecule has 1 aromatic carbocycles. The summed E-state index contributed by atoms with van der Waals surface area (Å²) in [6, 6.07) is 2.90. The van der Waals surface area contributed by atoms with Crippen molar-refractivity contribution in [3.63, 3.8) is 0 Å². The third kappa shape index (κ3) is 4.88. The molecule has 6 nitrogen and oxygen atoms in total. The summed E-state index contributed by atoms with van der Waals surface area (Å²) in [6.45, 7) is 10.9. The molecule has 0 aliphatic heterocycles. The Bertz CT molecular complexity index is 665. The van der Waals surface area contributed by atoms with Gasteiger partial charge in [0.1, 0.15) is 12.2 Å². The second kappa shape index (κ2) is 10.3. The Morgan fingerprint density at radius 1 is 1.00 bits per heavy atom. The zero-order valence-corrected chi connectivity index (χ0v) is 15.2. The molecule has 1 aromatic rings. The number of carboxylic acid groups (broad SMARTS) is 2. The van der Waals surface area contributed by atoms with Crippen LogP contribution in [0.5, 0.6) is 0 Å². The fourth-order valence-corrected chi connectivity index (χ4v) is 3.00. The van der Waals surface area contributed by atoms with E-state index in [0.29, 0.717) is 24.8 Å². The van der Waals surface area contributed by atoms with Crippen molar-refractivity contribution < 1.29 is 29.3 Å². The van der Waals surface area contributed by atoms with Crippen LogP contribution in [0, 0.1) is 0 Å². The summed E-state index contributed by atoms with van der Waals surface area (Å²) in [7, 11) is 0. The molecule has 0 aromatic heterocycles. The lowest BCUT2D eigenvalue weighted by atomic mass is 9.87. The molecule has 0 aliphatic rings. The van der Waals surface area contributed by atoms with Crippen LogP contribution >= 0.6 is 0 Å². The largest absolute Gasteiger partial charge is 0.494 e. The van der Waals surface area contributed by atoms with Crippen LogP contribution in [0.3, 0.4) is 0 Å². The van der Waals surface area contributed by atoms with Crippen LogP contribution in [-0.2, 0) is 9.47 Å². The minimum Gasteiger partial charge on any atom is -0.494 e. The van der Waals surface area contributed by atoms with Crippen molar-refractivity contribution in [2.45, 2.75) is 51.7 Å². The molecule has 2 unspecified atom stereocenters. The minimum atomic E-state index is -1.22. The van der Waals surface area contributed by atoms with Crippen LogP contribution in [-0.4, -0.2) is 22.2 Å². The van der Waals surface area contributed by atoms with Crippen LogP contribution in [0.15, 0.2) is 37.8 Å². The number of carbonyl (C=O) groups is 2. The first-order valence-corrected chi connectivity index (χ1v) is 8.58. The minimum absolute atomic E-state index is 0.0921. The first kappa shape index (κ1) is 21.3. The van der Waals surface area contributed by atoms with E-state index in [2.05, 4.69) is 13.2 Å². The highest BCUT2D eigenvalue weighted by molar-refractivity contribution is 5.98. The van der Waals surface area contributed by atoms with Crippen molar-refractivity contribution in [1.29, 1.82) is 0 Å². The zero-order valence-electron chi connectivity index (χ0n) is 15.2. The quantitative estimate of drug-likeness (QED) is 0.503. The van der Waals surface area contributed by atoms with E-state index in [1.807, 2.05) is 13.8 Å². The Balaban J connectivity index is 3.76. The molecule has 2 atom stereocenters. The fraction of sp³-hybridized carbons (Fsp3) is 0.400. The van der Waals surface area contributed by atoms with Crippen LogP contribution in [0.2, 0.25) is 0 Å². The maximum Gasteiger partial charge on any atom is 0.336 e. The number of benzene rings is 1. The molecule has 0 fully saturated rings. The fourth-order valence-electron chi connectivity index (χ4n) is 3.00. The zero-order chi connectivity index (χ0) is 19.7. The number of rotatable bonds is 12. The second-order valence-corrected chi connectivity index (χ2v) is 5.76. The Hall–Kier alpha value is -2.76. The van der Waals surface area contributed by atoms with Crippen molar-refractivity contribution in [2.75, 3.05) is 0 Å². The molecular formula is C20H26O6. The lowest BCUT2D eigenvalue weighted by Crippen LogP contribution is -2.19. The van der Waals surface area contributed by atoms with Gasteiger partial charge in [0.05, 0.1) is 23.7 Å². The van der Waals surface area contributed by atoms with Crippen molar-refractivity contribution in [3.05, 3.63) is 60.1 Å². The van der Waals surface area contributed by atoms with E-state index in [1.165, 1.54) is 24.7 Å². The lowest BCUT2D eigenvalue weighted by molar-refractivity contribution is 0.0665. The van der Waals surface area contributed by atoms with Gasteiger partial charge in [-0.15, -0.1) is 0 Å². The molecule has 26 heavy (non-hydrogen) atoms. The molecule has 0 aliphatic carbocycles. The number of aromatic carboxylic acids is 2. The lowest BCUT2D eigenvalue weighted by Gasteiger charge is -2.25. The van der Waals surface area contributed by atoms with Crippen LogP contribution < -0.4 is 0 Å². The third-order valence-electron chi connectivity index (χ3n) is 4.01. The number of carboxylic acids is 2. The van der Waals surface area contributed by atoms with Gasteiger partial charge in [0, 0.05) is 11.1 Å². The number of hydrogen-bond donors (Lipinski definition) is 2. The topological polar surface area (TPSA) is 93.1 Å². The van der Waals surface area contributed by atoms with Gasteiger partial charge in [-0.05, 0) is 18.9 Å². The molecule has 0 amide bonds. The molecule has 0 radical (unpaired) electrons. The predicted octanol–water partition coefficient (Wildman–Crippen LogP) is 5.09. The summed E-state index contributed by atoms with van der Waals surface area (Å²) in [4.78, 5) is 23.8. The standard InChI is InChI=1S/C20H26O6/c1-5-9-15(25-7-3)13-11-12-14(19(21)22)17(18(13)20(23)24)16(10-6-2)26-8-4/h7-8,11-12,15-16H,3-6,9-10H2,1-2H3,(H,21,22)(H,23,24). The van der Waals surface area contributed by atoms with E-state index in [0.717, 1.165) is 6.42 Å². The van der Waals surface area contributed by atoms with Crippen molar-refractivity contribution in [3.8, 4) is 0 Å². The van der Waals surface area contributed by atoms with Crippen molar-refractivity contribution >= 4 is 11.9 Å². The van der Waals surface area contributed by atoms with Gasteiger partial charge in [0.25, 0.3) is 0 Å². The molecule has 6 heteroatoms. The molecule has 0 saturated heterocycles. The first-order chi connectivity index (χ1) is 12.4. The second-order valence-electron chi connectivity index (χ2n) is 5.76. The summed E-state index contributed by atoms with van der Waals surface area (Å²) < 4.78 is 11.0. The Labute approximate surface area is 153 Å². The molecule has 0 bridgehead atoms. The third-order valence-corrected chi connectivity index (χ3v) is 4.01. The number of hydrogen-bond acceptors (Lipinski definition) is 4. The number of ether oxygens (including phenoxy) is 2. The smallest absolute Gasteiger partial charge is 0.336 e. The van der Waals surface area contributed by atoms with Crippen LogP contribution in [0.1, 0.15) is 83.6 Å². The van der Waals surface area contributed by atoms with Gasteiger partial charge in [-0.3, -0.25) is 0 Å². The predicted molar refractivity (Wildman–Crippen MR) is 98.2 cm³/mol. The molecule has 1 rings (SSSR count). The van der Waals surface area contributed by atoms with Crippen LogP contribution in [0.4, 0.5) is 0 Å². The van der Waals surface area contributed by atoms with E-state index in [9.17, 15) is 19.8 Å². The monoisotopic (exact) mass is 362 g/mol. The van der Waals surface area contributed by atoms with Crippen LogP contribution in [0.25, 0.3) is 0 Å². The van der Waals surface area contributed by atoms with Gasteiger partial charge in [-0.25, -0.2) is 9.59 Å². The average molecular weight is 362 g/mol. The SMILES string of the molecule is C=COC(CCC)c1ccc(C(=O)O)c(C(CCC)OC=C)c1C(=O)O. The molecule has 0 spiro atoms. The summed E-state index contributed by atoms with van der Waals surface area (Å²) in [5, 5.41) is 19.4. The normalized spacial score (nSPS) is 12.7. The molecule has 2 N–H and O–H groups in total. The van der Waals surface area contributed by atoms with E-state index in [1.54, 1.807) is 0 Å². The highest BCUT2D eigenvalue weighted by Crippen LogP contribution is 2.36. The molecule has 0 heterocycles. The average Bonchev–Trinajstić information content (AvgIpc) is 2.59. The van der Waals surface area contributed by atoms with Crippen molar-refractivity contribution in [1.82, 2.24) is 0 Å². The Morgan fingerprint density at radius 3 is 2.00 bits per heavy atom. The molecule has 142 valence electrons. The maximum absolute atomic E-state index is 12.1. The molecule has 0 saturated carbocycles. The van der Waals surface area contributed by atoms with Gasteiger partial charge >= 0.3 is 11.9 Å². The van der Waals surface area contributed by atoms with Gasteiger partial charge < -0.3 is 19.7 Å². The van der Waals surface area contributed by atoms with Gasteiger partial charge in [0.15, 0.2) is 0 Å². The first-order valence-electron chi connectivity index (χ1n) is 8.58. The van der Waals surface area contributed by atoms with Gasteiger partial charge in [-0.2, -0.15) is 0 Å². The summed E-state index contributed by atoms with van der Waals surface area (Å²) >= 11 is 0. The Morgan fingerprint density at radius 2 is 1.54 bits per heavy atom. The summed E-state index contributed by atoms with van der Waals surface area (Å²) in [6.07, 6.45) is 3.68. The van der Waals surface area contributed by atoms with E-state index >= 15 is 0 Å². The van der Waals surface area contributed by atoms with Crippen molar-refractivity contribution in [2.24, 2.45) is 0 Å². The highest BCUT2D eigenvalue weighted by Gasteiger charge is 2.31. The van der Waals surface area contributed by atoms with E-state index < -0.39 is 24.1 Å². The maximum atomic E-state index is 12.1. The highest BCUT2D eigenvalue weighted by atomic mass is 16.5. The van der Waals surface area contributed by atoms with E-state index in [4.69, 9.17) is 9.47 Å². The van der Waals surface area contributed by atoms with E-state index in [-0.39, 0.29) is 16.7 Å². The molecular weight excluding hydrogens is 336 g/mol. The van der Waals surface area contributed by atoms with Gasteiger partial charge in [-0.1, -0.05) is 45.9 Å².